The molecule has 0 aliphatic rings. The van der Waals surface area contributed by atoms with Crippen LogP contribution in [0.3, 0.4) is 0 Å². The number of nitrogens with two attached hydrogens (primary N) is 1. The fourth-order valence-electron chi connectivity index (χ4n) is 0.624. The fourth-order valence-corrected chi connectivity index (χ4v) is 0.624. The quantitative estimate of drug-likeness (QED) is 0.444. The van der Waals surface area contributed by atoms with Crippen LogP contribution in [0.5, 0.6) is 0 Å². The second kappa shape index (κ2) is 5.11. The lowest BCUT2D eigenvalue weighted by molar-refractivity contribution is -0.118. The molecule has 0 saturated carbocycles. The van der Waals surface area contributed by atoms with E-state index in [2.05, 4.69) is 0 Å². The highest BCUT2D eigenvalue weighted by molar-refractivity contribution is 5.81. The minimum atomic E-state index is -0.375. The molecular weight excluding hydrogens is 130 g/mol. The van der Waals surface area contributed by atoms with Crippen LogP contribution in [0.25, 0.3) is 0 Å². The summed E-state index contributed by atoms with van der Waals surface area (Å²) in [5.41, 5.74) is 5.39. The average molecular weight is 143 g/mol. The minimum absolute atomic E-state index is 0.00843. The first-order chi connectivity index (χ1) is 4.68. The van der Waals surface area contributed by atoms with Gasteiger partial charge in [-0.25, -0.2) is 0 Å². The van der Waals surface area contributed by atoms with Gasteiger partial charge in [0.25, 0.3) is 0 Å². The van der Waals surface area contributed by atoms with Crippen molar-refractivity contribution in [2.24, 2.45) is 5.73 Å². The van der Waals surface area contributed by atoms with Crippen LogP contribution in [0.4, 0.5) is 0 Å². The predicted molar refractivity (Wildman–Crippen MR) is 38.6 cm³/mol. The SMILES string of the molecule is CC(=O)[C@@H](N)CCCC=O. The molecule has 0 fully saturated rings. The van der Waals surface area contributed by atoms with Crippen molar-refractivity contribution in [2.45, 2.75) is 32.2 Å². The highest BCUT2D eigenvalue weighted by atomic mass is 16.1. The Kier molecular flexibility index (Phi) is 4.76. The molecule has 3 heteroatoms. The van der Waals surface area contributed by atoms with Crippen molar-refractivity contribution in [3.63, 3.8) is 0 Å². The third-order valence-electron chi connectivity index (χ3n) is 1.36. The molecule has 0 radical (unpaired) electrons. The molecule has 0 bridgehead atoms. The molecule has 0 aromatic heterocycles. The number of unbranched alkanes of at least 4 members (excludes halogenated alkanes) is 1. The van der Waals surface area contributed by atoms with Crippen molar-refractivity contribution in [3.8, 4) is 0 Å². The van der Waals surface area contributed by atoms with E-state index in [9.17, 15) is 9.59 Å². The van der Waals surface area contributed by atoms with Crippen molar-refractivity contribution in [1.82, 2.24) is 0 Å². The molecular formula is C7H13NO2. The second-order valence-electron chi connectivity index (χ2n) is 2.31. The largest absolute Gasteiger partial charge is 0.322 e. The van der Waals surface area contributed by atoms with E-state index in [0.717, 1.165) is 6.29 Å². The maximum atomic E-state index is 10.5. The van der Waals surface area contributed by atoms with Crippen LogP contribution in [-0.4, -0.2) is 18.1 Å². The lowest BCUT2D eigenvalue weighted by atomic mass is 10.1. The Morgan fingerprint density at radius 1 is 1.70 bits per heavy atom. The van der Waals surface area contributed by atoms with Gasteiger partial charge in [0.15, 0.2) is 0 Å². The first-order valence-corrected chi connectivity index (χ1v) is 3.38. The highest BCUT2D eigenvalue weighted by Crippen LogP contribution is 1.97. The maximum Gasteiger partial charge on any atom is 0.146 e. The van der Waals surface area contributed by atoms with Crippen molar-refractivity contribution in [2.75, 3.05) is 0 Å². The lowest BCUT2D eigenvalue weighted by Crippen LogP contribution is -2.27. The van der Waals surface area contributed by atoms with Gasteiger partial charge in [0.05, 0.1) is 6.04 Å². The van der Waals surface area contributed by atoms with Gasteiger partial charge in [-0.3, -0.25) is 4.79 Å². The Hall–Kier alpha value is -0.700. The number of Topliss-reactive ketones (excluding diaryl/α,β-unsaturated/α-hetero) is 1. The van der Waals surface area contributed by atoms with Crippen LogP contribution in [0.2, 0.25) is 0 Å². The zero-order valence-corrected chi connectivity index (χ0v) is 6.17. The molecule has 0 rings (SSSR count). The van der Waals surface area contributed by atoms with E-state index in [1.807, 2.05) is 0 Å². The molecule has 0 spiro atoms. The number of hydrogen-bond donors (Lipinski definition) is 1. The highest BCUT2D eigenvalue weighted by Gasteiger charge is 2.05. The fraction of sp³-hybridized carbons (Fsp3) is 0.714. The van der Waals surface area contributed by atoms with Crippen LogP contribution < -0.4 is 5.73 Å². The molecule has 0 aromatic rings. The van der Waals surface area contributed by atoms with E-state index >= 15 is 0 Å². The first kappa shape index (κ1) is 9.30. The summed E-state index contributed by atoms with van der Waals surface area (Å²) < 4.78 is 0. The van der Waals surface area contributed by atoms with Gasteiger partial charge in [-0.05, 0) is 19.8 Å². The van der Waals surface area contributed by atoms with Gasteiger partial charge in [-0.1, -0.05) is 0 Å². The van der Waals surface area contributed by atoms with Crippen molar-refractivity contribution in [3.05, 3.63) is 0 Å². The third-order valence-corrected chi connectivity index (χ3v) is 1.36. The zero-order valence-electron chi connectivity index (χ0n) is 6.17. The van der Waals surface area contributed by atoms with Gasteiger partial charge in [-0.2, -0.15) is 0 Å². The molecule has 3 nitrogen and oxygen atoms in total. The topological polar surface area (TPSA) is 60.2 Å². The molecule has 0 aliphatic carbocycles. The van der Waals surface area contributed by atoms with Gasteiger partial charge in [0, 0.05) is 6.42 Å². The molecule has 0 heterocycles. The smallest absolute Gasteiger partial charge is 0.146 e. The van der Waals surface area contributed by atoms with E-state index < -0.39 is 0 Å². The van der Waals surface area contributed by atoms with Gasteiger partial charge < -0.3 is 10.5 Å². The summed E-state index contributed by atoms with van der Waals surface area (Å²) in [6.45, 7) is 1.46. The summed E-state index contributed by atoms with van der Waals surface area (Å²) in [6.07, 6.45) is 2.67. The van der Waals surface area contributed by atoms with Crippen LogP contribution in [0.1, 0.15) is 26.2 Å². The van der Waals surface area contributed by atoms with E-state index in [0.29, 0.717) is 19.3 Å². The molecule has 2 N–H and O–H groups in total. The second-order valence-corrected chi connectivity index (χ2v) is 2.31. The number of carbonyl (C=O) groups is 2. The first-order valence-electron chi connectivity index (χ1n) is 3.38. The Balaban J connectivity index is 3.30. The van der Waals surface area contributed by atoms with Crippen LogP contribution in [-0.2, 0) is 9.59 Å². The van der Waals surface area contributed by atoms with Gasteiger partial charge in [0.2, 0.25) is 0 Å². The van der Waals surface area contributed by atoms with Gasteiger partial charge in [0.1, 0.15) is 12.1 Å². The van der Waals surface area contributed by atoms with Crippen LogP contribution in [0.15, 0.2) is 0 Å². The van der Waals surface area contributed by atoms with Crippen LogP contribution >= 0.6 is 0 Å². The van der Waals surface area contributed by atoms with E-state index in [4.69, 9.17) is 5.73 Å². The summed E-state index contributed by atoms with van der Waals surface area (Å²) in [6, 6.07) is -0.375. The molecule has 0 saturated heterocycles. The van der Waals surface area contributed by atoms with Gasteiger partial charge >= 0.3 is 0 Å². The number of aldehydes is 1. The van der Waals surface area contributed by atoms with Crippen LogP contribution in [0, 0.1) is 0 Å². The Morgan fingerprint density at radius 3 is 2.70 bits per heavy atom. The van der Waals surface area contributed by atoms with Gasteiger partial charge in [-0.15, -0.1) is 0 Å². The van der Waals surface area contributed by atoms with E-state index in [1.165, 1.54) is 6.92 Å². The molecule has 0 aromatic carbocycles. The van der Waals surface area contributed by atoms with Crippen molar-refractivity contribution >= 4 is 12.1 Å². The number of ketones is 1. The van der Waals surface area contributed by atoms with Crippen molar-refractivity contribution in [1.29, 1.82) is 0 Å². The summed E-state index contributed by atoms with van der Waals surface area (Å²) in [5.74, 6) is -0.00843. The van der Waals surface area contributed by atoms with E-state index in [1.54, 1.807) is 0 Å². The Bertz CT molecular complexity index is 123. The van der Waals surface area contributed by atoms with E-state index in [-0.39, 0.29) is 11.8 Å². The molecule has 0 aliphatic heterocycles. The molecule has 0 amide bonds. The third kappa shape index (κ3) is 4.21. The molecule has 1 atom stereocenters. The monoisotopic (exact) mass is 143 g/mol. The Morgan fingerprint density at radius 2 is 2.30 bits per heavy atom. The summed E-state index contributed by atoms with van der Waals surface area (Å²) in [4.78, 5) is 20.4. The summed E-state index contributed by atoms with van der Waals surface area (Å²) in [5, 5.41) is 0. The number of carbonyl (C=O) groups excluding carboxylic acids is 2. The molecule has 58 valence electrons. The number of rotatable bonds is 5. The normalized spacial score (nSPS) is 12.6. The standard InChI is InChI=1S/C7H13NO2/c1-6(10)7(8)4-2-3-5-9/h5,7H,2-4,8H2,1H3/t7-/m0/s1. The van der Waals surface area contributed by atoms with Crippen molar-refractivity contribution < 1.29 is 9.59 Å². The predicted octanol–water partition coefficient (Wildman–Crippen LogP) is 0.272. The number of hydrogen-bond acceptors (Lipinski definition) is 3. The summed E-state index contributed by atoms with van der Waals surface area (Å²) in [7, 11) is 0. The molecule has 10 heavy (non-hydrogen) atoms. The summed E-state index contributed by atoms with van der Waals surface area (Å²) >= 11 is 0. The minimum Gasteiger partial charge on any atom is -0.322 e. The lowest BCUT2D eigenvalue weighted by Gasteiger charge is -2.03. The zero-order chi connectivity index (χ0) is 7.98. The molecule has 0 unspecified atom stereocenters. The average Bonchev–Trinajstić information content (AvgIpc) is 1.88. The Labute approximate surface area is 60.6 Å². The maximum absolute atomic E-state index is 10.5.